The smallest absolute Gasteiger partial charge is 0.124 e. The van der Waals surface area contributed by atoms with Crippen LogP contribution in [0.25, 0.3) is 0 Å². The third-order valence-electron chi connectivity index (χ3n) is 1.92. The molecule has 3 nitrogen and oxygen atoms in total. The molecule has 1 rings (SSSR count). The fourth-order valence-corrected chi connectivity index (χ4v) is 1.46. The van der Waals surface area contributed by atoms with Crippen LogP contribution in [0.2, 0.25) is 5.02 Å². The van der Waals surface area contributed by atoms with Crippen LogP contribution in [0.4, 0.5) is 0 Å². The van der Waals surface area contributed by atoms with Gasteiger partial charge in [-0.25, -0.2) is 0 Å². The van der Waals surface area contributed by atoms with Crippen LogP contribution in [0, 0.1) is 0 Å². The highest BCUT2D eigenvalue weighted by atomic mass is 35.5. The highest BCUT2D eigenvalue weighted by Gasteiger charge is 2.12. The second-order valence-electron chi connectivity index (χ2n) is 4.46. The molecule has 0 spiro atoms. The number of hydroxylamine groups is 1. The fourth-order valence-electron chi connectivity index (χ4n) is 1.23. The van der Waals surface area contributed by atoms with Crippen LogP contribution < -0.4 is 10.2 Å². The molecule has 1 aromatic carbocycles. The van der Waals surface area contributed by atoms with E-state index < -0.39 is 0 Å². The van der Waals surface area contributed by atoms with E-state index in [1.165, 1.54) is 0 Å². The lowest BCUT2D eigenvalue weighted by atomic mass is 10.2. The van der Waals surface area contributed by atoms with E-state index >= 15 is 0 Å². The van der Waals surface area contributed by atoms with Gasteiger partial charge < -0.3 is 4.74 Å². The van der Waals surface area contributed by atoms with E-state index in [1.807, 2.05) is 39.0 Å². The van der Waals surface area contributed by atoms with Gasteiger partial charge in [0.2, 0.25) is 0 Å². The average Bonchev–Trinajstić information content (AvgIpc) is 2.18. The minimum Gasteiger partial charge on any atom is -0.496 e. The van der Waals surface area contributed by atoms with Gasteiger partial charge in [-0.15, -0.1) is 0 Å². The summed E-state index contributed by atoms with van der Waals surface area (Å²) in [6, 6.07) is 5.56. The lowest BCUT2D eigenvalue weighted by Crippen LogP contribution is -2.28. The molecule has 0 radical (unpaired) electrons. The Balaban J connectivity index is 2.66. The summed E-state index contributed by atoms with van der Waals surface area (Å²) < 4.78 is 5.23. The highest BCUT2D eigenvalue weighted by molar-refractivity contribution is 6.31. The van der Waals surface area contributed by atoms with Gasteiger partial charge in [0.05, 0.1) is 19.3 Å². The van der Waals surface area contributed by atoms with Crippen LogP contribution in [-0.4, -0.2) is 12.7 Å². The fraction of sp³-hybridized carbons (Fsp3) is 0.500. The number of nitrogens with one attached hydrogen (secondary N) is 1. The summed E-state index contributed by atoms with van der Waals surface area (Å²) in [6.07, 6.45) is 0. The van der Waals surface area contributed by atoms with Gasteiger partial charge in [-0.05, 0) is 32.9 Å². The van der Waals surface area contributed by atoms with Crippen molar-refractivity contribution in [2.24, 2.45) is 0 Å². The summed E-state index contributed by atoms with van der Waals surface area (Å²) >= 11 is 6.08. The first-order chi connectivity index (χ1) is 7.44. The van der Waals surface area contributed by atoms with E-state index in [0.717, 1.165) is 11.3 Å². The van der Waals surface area contributed by atoms with Crippen LogP contribution in [0.5, 0.6) is 5.75 Å². The summed E-state index contributed by atoms with van der Waals surface area (Å²) in [4.78, 5) is 5.42. The Labute approximate surface area is 102 Å². The summed E-state index contributed by atoms with van der Waals surface area (Å²) in [7, 11) is 1.62. The van der Waals surface area contributed by atoms with Crippen molar-refractivity contribution in [2.45, 2.75) is 32.9 Å². The largest absolute Gasteiger partial charge is 0.496 e. The van der Waals surface area contributed by atoms with Crippen molar-refractivity contribution in [3.63, 3.8) is 0 Å². The Hall–Kier alpha value is -0.770. The lowest BCUT2D eigenvalue weighted by molar-refractivity contribution is -0.0759. The maximum absolute atomic E-state index is 6.08. The summed E-state index contributed by atoms with van der Waals surface area (Å²) in [5.74, 6) is 0.762. The van der Waals surface area contributed by atoms with Crippen molar-refractivity contribution in [1.29, 1.82) is 0 Å². The maximum atomic E-state index is 6.08. The molecule has 0 aromatic heterocycles. The predicted molar refractivity (Wildman–Crippen MR) is 65.7 cm³/mol. The first-order valence-electron chi connectivity index (χ1n) is 5.16. The number of benzene rings is 1. The molecule has 0 bridgehead atoms. The molecule has 0 aliphatic heterocycles. The molecule has 0 amide bonds. The average molecular weight is 244 g/mol. The Morgan fingerprint density at radius 2 is 2.00 bits per heavy atom. The van der Waals surface area contributed by atoms with Gasteiger partial charge >= 0.3 is 0 Å². The van der Waals surface area contributed by atoms with Gasteiger partial charge in [-0.1, -0.05) is 17.7 Å². The molecule has 0 atom stereocenters. The Morgan fingerprint density at radius 1 is 1.31 bits per heavy atom. The standard InChI is InChI=1S/C12H18ClNO2/c1-12(2,3)16-14-8-9-10(13)6-5-7-11(9)15-4/h5-7,14H,8H2,1-4H3. The highest BCUT2D eigenvalue weighted by Crippen LogP contribution is 2.26. The molecule has 0 aliphatic carbocycles. The zero-order chi connectivity index (χ0) is 12.2. The SMILES string of the molecule is COc1cccc(Cl)c1CNOC(C)(C)C. The third kappa shape index (κ3) is 4.00. The summed E-state index contributed by atoms with van der Waals surface area (Å²) in [6.45, 7) is 6.44. The summed E-state index contributed by atoms with van der Waals surface area (Å²) in [5, 5.41) is 0.671. The number of ether oxygens (including phenoxy) is 1. The van der Waals surface area contributed by atoms with Gasteiger partial charge in [-0.2, -0.15) is 5.48 Å². The van der Waals surface area contributed by atoms with Crippen LogP contribution in [0.1, 0.15) is 26.3 Å². The zero-order valence-corrected chi connectivity index (χ0v) is 10.9. The Morgan fingerprint density at radius 3 is 2.56 bits per heavy atom. The van der Waals surface area contributed by atoms with Crippen LogP contribution in [0.15, 0.2) is 18.2 Å². The monoisotopic (exact) mass is 243 g/mol. The Kier molecular flexibility index (Phi) is 4.59. The first-order valence-corrected chi connectivity index (χ1v) is 5.54. The number of methoxy groups -OCH3 is 1. The number of rotatable bonds is 4. The van der Waals surface area contributed by atoms with Gasteiger partial charge in [0.15, 0.2) is 0 Å². The van der Waals surface area contributed by atoms with Crippen molar-refractivity contribution in [3.8, 4) is 5.75 Å². The number of hydrogen-bond acceptors (Lipinski definition) is 3. The molecule has 0 fully saturated rings. The molecular weight excluding hydrogens is 226 g/mol. The topological polar surface area (TPSA) is 30.5 Å². The zero-order valence-electron chi connectivity index (χ0n) is 10.1. The van der Waals surface area contributed by atoms with Gasteiger partial charge in [0.1, 0.15) is 5.75 Å². The molecule has 0 heterocycles. The lowest BCUT2D eigenvalue weighted by Gasteiger charge is -2.20. The van der Waals surface area contributed by atoms with Gasteiger partial charge in [0, 0.05) is 10.6 Å². The Bertz CT molecular complexity index is 347. The van der Waals surface area contributed by atoms with E-state index in [9.17, 15) is 0 Å². The normalized spacial score (nSPS) is 11.6. The second kappa shape index (κ2) is 5.53. The molecular formula is C12H18ClNO2. The maximum Gasteiger partial charge on any atom is 0.124 e. The number of hydrogen-bond donors (Lipinski definition) is 1. The van der Waals surface area contributed by atoms with Crippen LogP contribution >= 0.6 is 11.6 Å². The van der Waals surface area contributed by atoms with Crippen molar-refractivity contribution >= 4 is 11.6 Å². The molecule has 90 valence electrons. The van der Waals surface area contributed by atoms with E-state index in [-0.39, 0.29) is 5.60 Å². The predicted octanol–water partition coefficient (Wildman–Crippen LogP) is 3.17. The van der Waals surface area contributed by atoms with Crippen molar-refractivity contribution in [3.05, 3.63) is 28.8 Å². The molecule has 4 heteroatoms. The quantitative estimate of drug-likeness (QED) is 0.824. The molecule has 0 aliphatic rings. The van der Waals surface area contributed by atoms with Gasteiger partial charge in [0.25, 0.3) is 0 Å². The van der Waals surface area contributed by atoms with E-state index in [0.29, 0.717) is 11.6 Å². The first kappa shape index (κ1) is 13.3. The third-order valence-corrected chi connectivity index (χ3v) is 2.28. The van der Waals surface area contributed by atoms with Crippen molar-refractivity contribution in [1.82, 2.24) is 5.48 Å². The van der Waals surface area contributed by atoms with Crippen molar-refractivity contribution < 1.29 is 9.57 Å². The minimum absolute atomic E-state index is 0.228. The van der Waals surface area contributed by atoms with E-state index in [1.54, 1.807) is 7.11 Å². The van der Waals surface area contributed by atoms with Crippen LogP contribution in [-0.2, 0) is 11.4 Å². The van der Waals surface area contributed by atoms with Crippen LogP contribution in [0.3, 0.4) is 0 Å². The second-order valence-corrected chi connectivity index (χ2v) is 4.86. The van der Waals surface area contributed by atoms with E-state index in [4.69, 9.17) is 21.2 Å². The van der Waals surface area contributed by atoms with Gasteiger partial charge in [-0.3, -0.25) is 4.84 Å². The molecule has 0 unspecified atom stereocenters. The molecule has 1 aromatic rings. The van der Waals surface area contributed by atoms with E-state index in [2.05, 4.69) is 5.48 Å². The number of halogens is 1. The minimum atomic E-state index is -0.228. The molecule has 1 N–H and O–H groups in total. The summed E-state index contributed by atoms with van der Waals surface area (Å²) in [5.41, 5.74) is 3.56. The van der Waals surface area contributed by atoms with Crippen molar-refractivity contribution in [2.75, 3.05) is 7.11 Å². The molecule has 0 saturated heterocycles. The molecule has 0 saturated carbocycles. The molecule has 16 heavy (non-hydrogen) atoms.